The maximum Gasteiger partial charge on any atom is 0.128 e. The molecule has 0 amide bonds. The first-order valence-corrected chi connectivity index (χ1v) is 3.98. The van der Waals surface area contributed by atoms with Crippen molar-refractivity contribution in [1.82, 2.24) is 0 Å². The zero-order valence-corrected chi connectivity index (χ0v) is 7.27. The number of hydrogen-bond donors (Lipinski definition) is 1. The van der Waals surface area contributed by atoms with Gasteiger partial charge in [-0.15, -0.1) is 0 Å². The van der Waals surface area contributed by atoms with Gasteiger partial charge in [0.15, 0.2) is 0 Å². The molecule has 4 nitrogen and oxygen atoms in total. The summed E-state index contributed by atoms with van der Waals surface area (Å²) in [5.41, 5.74) is 0. The van der Waals surface area contributed by atoms with Gasteiger partial charge in [0, 0.05) is 7.11 Å². The standard InChI is InChI=1S/C8H14O4/c1-5-6(3-9)8(10)7(11-2)4-12-5/h3,5-8,10H,4H2,1-2H3. The van der Waals surface area contributed by atoms with E-state index in [0.717, 1.165) is 6.29 Å². The Hall–Kier alpha value is -0.450. The molecule has 0 saturated carbocycles. The van der Waals surface area contributed by atoms with Crippen molar-refractivity contribution < 1.29 is 19.4 Å². The molecule has 1 fully saturated rings. The van der Waals surface area contributed by atoms with Crippen LogP contribution in [0.2, 0.25) is 0 Å². The lowest BCUT2D eigenvalue weighted by atomic mass is 9.92. The molecule has 1 aliphatic rings. The molecule has 0 radical (unpaired) electrons. The van der Waals surface area contributed by atoms with E-state index in [0.29, 0.717) is 6.61 Å². The second kappa shape index (κ2) is 3.98. The zero-order valence-electron chi connectivity index (χ0n) is 7.27. The third-order valence-electron chi connectivity index (χ3n) is 2.30. The van der Waals surface area contributed by atoms with E-state index in [1.165, 1.54) is 7.11 Å². The van der Waals surface area contributed by atoms with Crippen LogP contribution in [0.5, 0.6) is 0 Å². The minimum Gasteiger partial charge on any atom is -0.389 e. The maximum atomic E-state index is 10.5. The van der Waals surface area contributed by atoms with E-state index < -0.39 is 12.0 Å². The summed E-state index contributed by atoms with van der Waals surface area (Å²) in [5, 5.41) is 9.56. The molecule has 4 unspecified atom stereocenters. The summed E-state index contributed by atoms with van der Waals surface area (Å²) in [7, 11) is 1.50. The minimum absolute atomic E-state index is 0.219. The fraction of sp³-hybridized carbons (Fsp3) is 0.875. The lowest BCUT2D eigenvalue weighted by Gasteiger charge is -2.35. The molecule has 4 heteroatoms. The molecule has 1 N–H and O–H groups in total. The first-order valence-electron chi connectivity index (χ1n) is 3.98. The second-order valence-corrected chi connectivity index (χ2v) is 3.02. The monoisotopic (exact) mass is 174 g/mol. The molecule has 0 aromatic heterocycles. The fourth-order valence-electron chi connectivity index (χ4n) is 1.38. The molecule has 0 spiro atoms. The van der Waals surface area contributed by atoms with Crippen LogP contribution in [-0.4, -0.2) is 43.4 Å². The number of aldehydes is 1. The van der Waals surface area contributed by atoms with E-state index in [4.69, 9.17) is 9.47 Å². The quantitative estimate of drug-likeness (QED) is 0.578. The maximum absolute atomic E-state index is 10.5. The summed E-state index contributed by atoms with van der Waals surface area (Å²) in [6.45, 7) is 2.12. The summed E-state index contributed by atoms with van der Waals surface area (Å²) < 4.78 is 10.2. The topological polar surface area (TPSA) is 55.8 Å². The molecule has 4 atom stereocenters. The second-order valence-electron chi connectivity index (χ2n) is 3.02. The van der Waals surface area contributed by atoms with Crippen molar-refractivity contribution in [2.45, 2.75) is 25.2 Å². The van der Waals surface area contributed by atoms with Crippen LogP contribution in [0.3, 0.4) is 0 Å². The number of rotatable bonds is 2. The van der Waals surface area contributed by atoms with E-state index in [1.807, 2.05) is 0 Å². The molecule has 12 heavy (non-hydrogen) atoms. The van der Waals surface area contributed by atoms with E-state index >= 15 is 0 Å². The smallest absolute Gasteiger partial charge is 0.128 e. The molecule has 0 aromatic carbocycles. The van der Waals surface area contributed by atoms with Crippen LogP contribution < -0.4 is 0 Å². The van der Waals surface area contributed by atoms with Crippen molar-refractivity contribution in [2.24, 2.45) is 5.92 Å². The first kappa shape index (κ1) is 9.64. The molecular formula is C8H14O4. The van der Waals surface area contributed by atoms with Gasteiger partial charge < -0.3 is 19.4 Å². The van der Waals surface area contributed by atoms with E-state index in [-0.39, 0.29) is 12.2 Å². The Kier molecular flexibility index (Phi) is 3.20. The number of carbonyl (C=O) groups excluding carboxylic acids is 1. The van der Waals surface area contributed by atoms with Crippen molar-refractivity contribution >= 4 is 6.29 Å². The van der Waals surface area contributed by atoms with Crippen LogP contribution in [0.1, 0.15) is 6.92 Å². The Labute approximate surface area is 71.5 Å². The van der Waals surface area contributed by atoms with Gasteiger partial charge in [-0.25, -0.2) is 0 Å². The van der Waals surface area contributed by atoms with Crippen LogP contribution in [0.4, 0.5) is 0 Å². The first-order chi connectivity index (χ1) is 5.70. The van der Waals surface area contributed by atoms with E-state index in [1.54, 1.807) is 6.92 Å². The average Bonchev–Trinajstić information content (AvgIpc) is 2.06. The Morgan fingerprint density at radius 2 is 2.33 bits per heavy atom. The van der Waals surface area contributed by atoms with Crippen LogP contribution in [-0.2, 0) is 14.3 Å². The number of methoxy groups -OCH3 is 1. The normalized spacial score (nSPS) is 42.6. The molecule has 0 aromatic rings. The van der Waals surface area contributed by atoms with Crippen LogP contribution >= 0.6 is 0 Å². The van der Waals surface area contributed by atoms with Gasteiger partial charge in [-0.1, -0.05) is 0 Å². The molecule has 70 valence electrons. The summed E-state index contributed by atoms with van der Waals surface area (Å²) >= 11 is 0. The molecule has 1 rings (SSSR count). The molecular weight excluding hydrogens is 160 g/mol. The number of hydrogen-bond acceptors (Lipinski definition) is 4. The van der Waals surface area contributed by atoms with E-state index in [2.05, 4.69) is 0 Å². The van der Waals surface area contributed by atoms with Gasteiger partial charge >= 0.3 is 0 Å². The number of aliphatic hydroxyl groups is 1. The minimum atomic E-state index is -0.740. The van der Waals surface area contributed by atoms with Crippen molar-refractivity contribution in [1.29, 1.82) is 0 Å². The van der Waals surface area contributed by atoms with Crippen molar-refractivity contribution in [3.63, 3.8) is 0 Å². The van der Waals surface area contributed by atoms with Crippen LogP contribution in [0.15, 0.2) is 0 Å². The van der Waals surface area contributed by atoms with Crippen molar-refractivity contribution in [2.75, 3.05) is 13.7 Å². The summed E-state index contributed by atoms with van der Waals surface area (Å²) in [4.78, 5) is 10.5. The molecule has 0 aliphatic carbocycles. The Morgan fingerprint density at radius 3 is 2.83 bits per heavy atom. The SMILES string of the molecule is COC1COC(C)C(C=O)C1O. The Morgan fingerprint density at radius 1 is 1.67 bits per heavy atom. The van der Waals surface area contributed by atoms with Gasteiger partial charge in [0.25, 0.3) is 0 Å². The lowest BCUT2D eigenvalue weighted by molar-refractivity contribution is -0.165. The number of carbonyl (C=O) groups is 1. The summed E-state index contributed by atoms with van der Waals surface area (Å²) in [6.07, 6.45) is -0.614. The van der Waals surface area contributed by atoms with Gasteiger partial charge in [-0.05, 0) is 6.92 Å². The molecule has 1 heterocycles. The molecule has 1 aliphatic heterocycles. The predicted molar refractivity (Wildman–Crippen MR) is 41.8 cm³/mol. The van der Waals surface area contributed by atoms with Gasteiger partial charge in [0.05, 0.1) is 24.7 Å². The van der Waals surface area contributed by atoms with Crippen molar-refractivity contribution in [3.8, 4) is 0 Å². The highest BCUT2D eigenvalue weighted by Gasteiger charge is 2.37. The van der Waals surface area contributed by atoms with E-state index in [9.17, 15) is 9.90 Å². The highest BCUT2D eigenvalue weighted by molar-refractivity contribution is 5.55. The highest BCUT2D eigenvalue weighted by Crippen LogP contribution is 2.21. The van der Waals surface area contributed by atoms with Crippen molar-refractivity contribution in [3.05, 3.63) is 0 Å². The fourth-order valence-corrected chi connectivity index (χ4v) is 1.38. The predicted octanol–water partition coefficient (Wildman–Crippen LogP) is -0.404. The van der Waals surface area contributed by atoms with Crippen LogP contribution in [0, 0.1) is 5.92 Å². The lowest BCUT2D eigenvalue weighted by Crippen LogP contribution is -2.49. The third kappa shape index (κ3) is 1.65. The molecule has 1 saturated heterocycles. The summed E-state index contributed by atoms with van der Waals surface area (Å²) in [6, 6.07) is 0. The van der Waals surface area contributed by atoms with Gasteiger partial charge in [-0.2, -0.15) is 0 Å². The zero-order chi connectivity index (χ0) is 9.14. The van der Waals surface area contributed by atoms with Gasteiger partial charge in [0.1, 0.15) is 12.4 Å². The number of ether oxygens (including phenoxy) is 2. The van der Waals surface area contributed by atoms with Gasteiger partial charge in [-0.3, -0.25) is 0 Å². The highest BCUT2D eigenvalue weighted by atomic mass is 16.5. The summed E-state index contributed by atoms with van der Waals surface area (Å²) in [5.74, 6) is -0.469. The Balaban J connectivity index is 2.62. The van der Waals surface area contributed by atoms with Gasteiger partial charge in [0.2, 0.25) is 0 Å². The van der Waals surface area contributed by atoms with Crippen LogP contribution in [0.25, 0.3) is 0 Å². The third-order valence-corrected chi connectivity index (χ3v) is 2.30. The largest absolute Gasteiger partial charge is 0.389 e. The number of aliphatic hydroxyl groups excluding tert-OH is 1. The average molecular weight is 174 g/mol. The Bertz CT molecular complexity index is 159. The molecule has 0 bridgehead atoms.